The van der Waals surface area contributed by atoms with Gasteiger partial charge in [-0.2, -0.15) is 10.2 Å². The van der Waals surface area contributed by atoms with Crippen molar-refractivity contribution in [3.05, 3.63) is 22.7 Å². The lowest BCUT2D eigenvalue weighted by Gasteiger charge is -1.99. The number of aromatic nitrogens is 2. The van der Waals surface area contributed by atoms with Gasteiger partial charge < -0.3 is 15.6 Å². The molecule has 2 aromatic rings. The fourth-order valence-electron chi connectivity index (χ4n) is 1.82. The normalized spacial score (nSPS) is 13.9. The molecular weight excluding hydrogens is 278 g/mol. The van der Waals surface area contributed by atoms with E-state index in [2.05, 4.69) is 20.0 Å². The molecule has 0 atom stereocenters. The van der Waals surface area contributed by atoms with Gasteiger partial charge in [-0.15, -0.1) is 11.3 Å². The molecule has 102 valence electrons. The second kappa shape index (κ2) is 4.94. The van der Waals surface area contributed by atoms with Gasteiger partial charge in [0.15, 0.2) is 11.6 Å². The summed E-state index contributed by atoms with van der Waals surface area (Å²) in [5, 5.41) is 16.4. The lowest BCUT2D eigenvalue weighted by molar-refractivity contribution is 0.0972. The van der Waals surface area contributed by atoms with E-state index in [1.54, 1.807) is 0 Å². The number of nitrogens with one attached hydrogen (secondary N) is 1. The Balaban J connectivity index is 1.84. The van der Waals surface area contributed by atoms with Crippen LogP contribution >= 0.6 is 11.3 Å². The summed E-state index contributed by atoms with van der Waals surface area (Å²) in [7, 11) is 0. The van der Waals surface area contributed by atoms with E-state index in [-0.39, 0.29) is 17.4 Å². The molecular formula is C12H11N5O2S. The summed E-state index contributed by atoms with van der Waals surface area (Å²) in [4.78, 5) is 16.4. The summed E-state index contributed by atoms with van der Waals surface area (Å²) in [6.07, 6.45) is 3.04. The molecule has 8 heteroatoms. The maximum atomic E-state index is 12.1. The third-order valence-electron chi connectivity index (χ3n) is 3.04. The van der Waals surface area contributed by atoms with Crippen LogP contribution < -0.4 is 11.1 Å². The van der Waals surface area contributed by atoms with Crippen LogP contribution in [0, 0.1) is 17.2 Å². The number of carbonyl (C=O) groups is 1. The number of nitrogens with two attached hydrogens (primary N) is 1. The van der Waals surface area contributed by atoms with Crippen LogP contribution in [0.25, 0.3) is 0 Å². The molecule has 3 rings (SSSR count). The highest BCUT2D eigenvalue weighted by Crippen LogP contribution is 2.41. The van der Waals surface area contributed by atoms with Crippen molar-refractivity contribution in [3.8, 4) is 6.07 Å². The monoisotopic (exact) mass is 289 g/mol. The van der Waals surface area contributed by atoms with E-state index in [0.29, 0.717) is 27.8 Å². The summed E-state index contributed by atoms with van der Waals surface area (Å²) in [5.41, 5.74) is 6.48. The van der Waals surface area contributed by atoms with Gasteiger partial charge in [0.05, 0.1) is 17.1 Å². The molecule has 1 saturated carbocycles. The van der Waals surface area contributed by atoms with E-state index < -0.39 is 0 Å². The Morgan fingerprint density at radius 1 is 1.65 bits per heavy atom. The minimum Gasteiger partial charge on any atom is -0.396 e. The van der Waals surface area contributed by atoms with Crippen LogP contribution in [-0.2, 0) is 6.54 Å². The van der Waals surface area contributed by atoms with E-state index in [9.17, 15) is 10.1 Å². The van der Waals surface area contributed by atoms with E-state index in [1.165, 1.54) is 17.7 Å². The summed E-state index contributed by atoms with van der Waals surface area (Å²) < 4.78 is 4.62. The molecule has 2 aromatic heterocycles. The number of nitrogen functional groups attached to an aromatic ring is 1. The second-order valence-electron chi connectivity index (χ2n) is 4.50. The fourth-order valence-corrected chi connectivity index (χ4v) is 2.91. The van der Waals surface area contributed by atoms with Gasteiger partial charge in [0.25, 0.3) is 0 Å². The SMILES string of the molecule is N#Cc1c(NCc2ncon2)sc(C(=O)C2CC2)c1N. The first-order chi connectivity index (χ1) is 9.70. The number of carbonyl (C=O) groups excluding carboxylic acids is 1. The van der Waals surface area contributed by atoms with Crippen LogP contribution in [0.2, 0.25) is 0 Å². The summed E-state index contributed by atoms with van der Waals surface area (Å²) >= 11 is 1.21. The predicted octanol–water partition coefficient (Wildman–Crippen LogP) is 1.79. The maximum Gasteiger partial charge on any atom is 0.213 e. The Hall–Kier alpha value is -2.40. The zero-order valence-corrected chi connectivity index (χ0v) is 11.2. The highest BCUT2D eigenvalue weighted by molar-refractivity contribution is 7.19. The molecule has 3 N–H and O–H groups in total. The molecule has 7 nitrogen and oxygen atoms in total. The first-order valence-electron chi connectivity index (χ1n) is 6.06. The quantitative estimate of drug-likeness (QED) is 0.805. The number of ketones is 1. The Kier molecular flexibility index (Phi) is 3.12. The van der Waals surface area contributed by atoms with E-state index >= 15 is 0 Å². The average molecular weight is 289 g/mol. The predicted molar refractivity (Wildman–Crippen MR) is 72.1 cm³/mol. The Labute approximate surface area is 118 Å². The van der Waals surface area contributed by atoms with Crippen LogP contribution in [0.3, 0.4) is 0 Å². The molecule has 0 radical (unpaired) electrons. The molecule has 0 unspecified atom stereocenters. The Morgan fingerprint density at radius 3 is 3.05 bits per heavy atom. The molecule has 1 fully saturated rings. The molecule has 2 heterocycles. The zero-order chi connectivity index (χ0) is 14.1. The number of thiophene rings is 1. The number of nitrogens with zero attached hydrogens (tertiary/aromatic N) is 3. The van der Waals surface area contributed by atoms with Crippen LogP contribution in [-0.4, -0.2) is 15.9 Å². The zero-order valence-electron chi connectivity index (χ0n) is 10.4. The highest BCUT2D eigenvalue weighted by atomic mass is 32.1. The topological polar surface area (TPSA) is 118 Å². The second-order valence-corrected chi connectivity index (χ2v) is 5.52. The van der Waals surface area contributed by atoms with Gasteiger partial charge in [-0.3, -0.25) is 4.79 Å². The minimum absolute atomic E-state index is 0.0385. The number of nitriles is 1. The van der Waals surface area contributed by atoms with Crippen molar-refractivity contribution in [2.75, 3.05) is 11.1 Å². The van der Waals surface area contributed by atoms with Gasteiger partial charge in [0.2, 0.25) is 6.39 Å². The van der Waals surface area contributed by atoms with Crippen molar-refractivity contribution >= 4 is 27.8 Å². The maximum absolute atomic E-state index is 12.1. The summed E-state index contributed by atoms with van der Waals surface area (Å²) in [6, 6.07) is 2.04. The van der Waals surface area contributed by atoms with Crippen molar-refractivity contribution in [3.63, 3.8) is 0 Å². The summed E-state index contributed by atoms with van der Waals surface area (Å²) in [6.45, 7) is 0.308. The number of anilines is 2. The summed E-state index contributed by atoms with van der Waals surface area (Å²) in [5.74, 6) is 0.583. The van der Waals surface area contributed by atoms with Gasteiger partial charge in [-0.05, 0) is 12.8 Å². The Bertz CT molecular complexity index is 682. The molecule has 0 amide bonds. The van der Waals surface area contributed by atoms with Crippen molar-refractivity contribution in [2.45, 2.75) is 19.4 Å². The number of hydrogen-bond donors (Lipinski definition) is 2. The van der Waals surface area contributed by atoms with E-state index in [1.807, 2.05) is 6.07 Å². The van der Waals surface area contributed by atoms with Gasteiger partial charge in [-0.1, -0.05) is 5.16 Å². The Morgan fingerprint density at radius 2 is 2.45 bits per heavy atom. The van der Waals surface area contributed by atoms with Crippen LogP contribution in [0.15, 0.2) is 10.9 Å². The lowest BCUT2D eigenvalue weighted by Crippen LogP contribution is -2.02. The van der Waals surface area contributed by atoms with Crippen molar-refractivity contribution in [1.82, 2.24) is 10.1 Å². The largest absolute Gasteiger partial charge is 0.396 e. The third kappa shape index (κ3) is 2.23. The smallest absolute Gasteiger partial charge is 0.213 e. The number of rotatable bonds is 5. The molecule has 0 bridgehead atoms. The van der Waals surface area contributed by atoms with Crippen LogP contribution in [0.5, 0.6) is 0 Å². The molecule has 0 saturated heterocycles. The molecule has 0 spiro atoms. The van der Waals surface area contributed by atoms with Crippen molar-refractivity contribution in [2.24, 2.45) is 5.92 Å². The van der Waals surface area contributed by atoms with Crippen molar-refractivity contribution in [1.29, 1.82) is 5.26 Å². The number of Topliss-reactive ketones (excluding diaryl/α,β-unsaturated/α-hetero) is 1. The fraction of sp³-hybridized carbons (Fsp3) is 0.333. The highest BCUT2D eigenvalue weighted by Gasteiger charge is 2.34. The van der Waals surface area contributed by atoms with Crippen LogP contribution in [0.4, 0.5) is 10.7 Å². The molecule has 20 heavy (non-hydrogen) atoms. The van der Waals surface area contributed by atoms with Crippen LogP contribution in [0.1, 0.15) is 33.9 Å². The lowest BCUT2D eigenvalue weighted by atomic mass is 10.1. The van der Waals surface area contributed by atoms with E-state index in [4.69, 9.17) is 5.73 Å². The van der Waals surface area contributed by atoms with Gasteiger partial charge in [0.1, 0.15) is 16.6 Å². The van der Waals surface area contributed by atoms with Gasteiger partial charge >= 0.3 is 0 Å². The van der Waals surface area contributed by atoms with E-state index in [0.717, 1.165) is 12.8 Å². The van der Waals surface area contributed by atoms with Gasteiger partial charge in [-0.25, -0.2) is 0 Å². The first kappa shape index (κ1) is 12.6. The first-order valence-corrected chi connectivity index (χ1v) is 6.88. The minimum atomic E-state index is 0.0385. The average Bonchev–Trinajstić information content (AvgIpc) is 3.07. The molecule has 0 aliphatic heterocycles. The molecule has 1 aliphatic carbocycles. The van der Waals surface area contributed by atoms with Crippen molar-refractivity contribution < 1.29 is 9.32 Å². The molecule has 0 aromatic carbocycles. The van der Waals surface area contributed by atoms with Gasteiger partial charge in [0, 0.05) is 5.92 Å². The molecule has 1 aliphatic rings. The standard InChI is InChI=1S/C12H11N5O2S/c13-3-7-9(14)11(10(18)6-1-2-6)20-12(7)15-4-8-16-5-19-17-8/h5-6,15H,1-2,4,14H2. The number of hydrogen-bond acceptors (Lipinski definition) is 8. The third-order valence-corrected chi connectivity index (χ3v) is 4.22.